The van der Waals surface area contributed by atoms with Gasteiger partial charge in [0.1, 0.15) is 23.2 Å². The van der Waals surface area contributed by atoms with E-state index in [4.69, 9.17) is 27.7 Å². The molecule has 4 heterocycles. The largest absolute Gasteiger partial charge is 0.463 e. The number of hydrogen-bond acceptors (Lipinski definition) is 7. The molecule has 0 saturated carbocycles. The minimum atomic E-state index is -0.618. The van der Waals surface area contributed by atoms with Crippen LogP contribution in [0.4, 0.5) is 14.6 Å². The summed E-state index contributed by atoms with van der Waals surface area (Å²) in [6, 6.07) is 9.74. The fourth-order valence-electron chi connectivity index (χ4n) is 6.67. The average Bonchev–Trinajstić information content (AvgIpc) is 3.69. The smallest absolute Gasteiger partial charge is 0.319 e. The predicted octanol–water partition coefficient (Wildman–Crippen LogP) is 7.40. The van der Waals surface area contributed by atoms with Gasteiger partial charge in [0, 0.05) is 52.9 Å². The first kappa shape index (κ1) is 32.8. The summed E-state index contributed by atoms with van der Waals surface area (Å²) in [6.07, 6.45) is 15.3. The first-order valence-corrected chi connectivity index (χ1v) is 17.7. The van der Waals surface area contributed by atoms with Crippen LogP contribution in [0.15, 0.2) is 35.4 Å². The number of allylic oxidation sites excluding steroid dienone is 1. The van der Waals surface area contributed by atoms with Gasteiger partial charge in [-0.15, -0.1) is 6.42 Å². The molecule has 3 aromatic rings. The summed E-state index contributed by atoms with van der Waals surface area (Å²) in [5, 5.41) is 8.85. The van der Waals surface area contributed by atoms with E-state index in [1.807, 2.05) is 17.8 Å². The number of rotatable bonds is 12. The van der Waals surface area contributed by atoms with Gasteiger partial charge in [0.25, 0.3) is 0 Å². The second-order valence-corrected chi connectivity index (χ2v) is 14.0. The number of nitrogens with zero attached hydrogens (tertiary/aromatic N) is 3. The molecule has 2 N–H and O–H groups in total. The molecule has 3 aliphatic rings. The number of thioether (sulfide) groups is 1. The molecule has 3 saturated heterocycles. The van der Waals surface area contributed by atoms with Crippen molar-refractivity contribution in [2.75, 3.05) is 42.6 Å². The summed E-state index contributed by atoms with van der Waals surface area (Å²) in [7, 11) is 0. The quantitative estimate of drug-likeness (QED) is 0.155. The van der Waals surface area contributed by atoms with Gasteiger partial charge in [-0.1, -0.05) is 41.8 Å². The maximum atomic E-state index is 16.6. The van der Waals surface area contributed by atoms with Gasteiger partial charge >= 0.3 is 6.01 Å². The summed E-state index contributed by atoms with van der Waals surface area (Å²) in [5.41, 5.74) is 1.10. The second kappa shape index (κ2) is 15.2. The van der Waals surface area contributed by atoms with Crippen molar-refractivity contribution >= 4 is 57.9 Å². The van der Waals surface area contributed by atoms with Gasteiger partial charge in [0.05, 0.1) is 12.2 Å². The van der Waals surface area contributed by atoms with Crippen LogP contribution in [0.2, 0.25) is 0 Å². The van der Waals surface area contributed by atoms with E-state index >= 15 is 4.39 Å². The Morgan fingerprint density at radius 3 is 2.72 bits per heavy atom. The van der Waals surface area contributed by atoms with Crippen LogP contribution < -0.4 is 20.3 Å². The Kier molecular flexibility index (Phi) is 10.8. The number of terminal acetylenes is 1. The third-order valence-electron chi connectivity index (χ3n) is 8.84. The van der Waals surface area contributed by atoms with Crippen molar-refractivity contribution in [2.24, 2.45) is 0 Å². The summed E-state index contributed by atoms with van der Waals surface area (Å²) in [6.45, 7) is 4.77. The van der Waals surface area contributed by atoms with E-state index in [9.17, 15) is 4.39 Å². The highest BCUT2D eigenvalue weighted by Crippen LogP contribution is 2.36. The molecule has 3 unspecified atom stereocenters. The number of piperazine rings is 1. The molecule has 3 atom stereocenters. The van der Waals surface area contributed by atoms with Gasteiger partial charge in [-0.2, -0.15) is 21.7 Å². The Hall–Kier alpha value is -3.16. The average molecular weight is 664 g/mol. The number of benzene rings is 2. The van der Waals surface area contributed by atoms with Crippen LogP contribution in [0.25, 0.3) is 28.8 Å². The van der Waals surface area contributed by atoms with Crippen molar-refractivity contribution in [3.05, 3.63) is 63.6 Å². The van der Waals surface area contributed by atoms with Crippen LogP contribution >= 0.6 is 23.4 Å². The molecule has 3 aliphatic heterocycles. The third-order valence-corrected chi connectivity index (χ3v) is 10.2. The molecule has 3 fully saturated rings. The van der Waals surface area contributed by atoms with Crippen LogP contribution in [0.3, 0.4) is 0 Å². The van der Waals surface area contributed by atoms with E-state index in [0.29, 0.717) is 57.5 Å². The van der Waals surface area contributed by atoms with Crippen molar-refractivity contribution in [2.45, 2.75) is 63.6 Å². The van der Waals surface area contributed by atoms with Crippen LogP contribution in [-0.2, 0) is 0 Å². The summed E-state index contributed by atoms with van der Waals surface area (Å²) < 4.78 is 37.4. The Morgan fingerprint density at radius 1 is 1.15 bits per heavy atom. The number of halogens is 3. The second-order valence-electron chi connectivity index (χ2n) is 12.3. The number of ether oxygens (including phenoxy) is 1. The summed E-state index contributed by atoms with van der Waals surface area (Å²) in [5.74, 6) is 4.08. The van der Waals surface area contributed by atoms with Crippen LogP contribution in [-0.4, -0.2) is 65.8 Å². The van der Waals surface area contributed by atoms with Gasteiger partial charge < -0.3 is 20.3 Å². The number of hydrogen-bond donors (Lipinski definition) is 2. The molecule has 46 heavy (non-hydrogen) atoms. The lowest BCUT2D eigenvalue weighted by Crippen LogP contribution is -2.51. The highest BCUT2D eigenvalue weighted by atomic mass is 35.5. The molecule has 10 heteroatoms. The monoisotopic (exact) mass is 663 g/mol. The summed E-state index contributed by atoms with van der Waals surface area (Å²) in [4.78, 5) is 11.6. The number of fused-ring (bicyclic) bond motifs is 3. The number of unbranched alkanes of at least 4 members (excludes halogenated alkanes) is 1. The molecule has 2 bridgehead atoms. The molecule has 6 nitrogen and oxygen atoms in total. The maximum Gasteiger partial charge on any atom is 0.319 e. The lowest BCUT2D eigenvalue weighted by molar-refractivity contribution is 0.285. The highest BCUT2D eigenvalue weighted by molar-refractivity contribution is 7.99. The van der Waals surface area contributed by atoms with Crippen molar-refractivity contribution in [3.8, 4) is 18.4 Å². The van der Waals surface area contributed by atoms with Gasteiger partial charge in [-0.25, -0.2) is 8.78 Å². The Balaban J connectivity index is 1.32. The lowest BCUT2D eigenvalue weighted by atomic mass is 9.98. The van der Waals surface area contributed by atoms with Crippen LogP contribution in [0.1, 0.15) is 67.8 Å². The third kappa shape index (κ3) is 7.69. The molecule has 242 valence electrons. The fourth-order valence-corrected chi connectivity index (χ4v) is 7.92. The minimum Gasteiger partial charge on any atom is -0.463 e. The molecule has 0 amide bonds. The zero-order chi connectivity index (χ0) is 32.0. The minimum absolute atomic E-state index is 0.0705. The Labute approximate surface area is 279 Å². The van der Waals surface area contributed by atoms with Crippen molar-refractivity contribution < 1.29 is 13.5 Å². The standard InChI is InChI=1S/C36H40ClF2N5OS/c1-3-29-31(38)14-11-24-8-6-9-25(33(24)29)19-32(39)34-30(18-23(2)37)35(44-20-26-12-13-27(21-44)41-26)43-36(42-34)45-16-4-5-17-46-22-28-10-7-15-40-28/h1,6,8-9,11,14,18-19,26-28,40-41H,4-5,7,10,12-13,15-17,20-22H2,2H3/b23-18+,32-19-. The molecule has 1 aromatic heterocycles. The molecule has 0 radical (unpaired) electrons. The zero-order valence-corrected chi connectivity index (χ0v) is 27.7. The molecular formula is C36H40ClF2N5OS. The first-order chi connectivity index (χ1) is 22.4. The Bertz CT molecular complexity index is 1650. The van der Waals surface area contributed by atoms with Crippen molar-refractivity contribution in [1.29, 1.82) is 0 Å². The SMILES string of the molecule is C#Cc1c(F)ccc2cccc(/C=C(\F)c3nc(OCCCCSCC4CCCN4)nc(N4CC5CCC(C4)N5)c3/C=C(\C)Cl)c12. The highest BCUT2D eigenvalue weighted by Gasteiger charge is 2.34. The topological polar surface area (TPSA) is 62.3 Å². The van der Waals surface area contributed by atoms with E-state index in [1.165, 1.54) is 25.0 Å². The maximum absolute atomic E-state index is 16.6. The fraction of sp³-hybridized carbons (Fsp3) is 0.444. The van der Waals surface area contributed by atoms with E-state index in [0.717, 1.165) is 56.8 Å². The van der Waals surface area contributed by atoms with Crippen LogP contribution in [0, 0.1) is 18.2 Å². The molecular weight excluding hydrogens is 624 g/mol. The number of nitrogens with one attached hydrogen (secondary N) is 2. The van der Waals surface area contributed by atoms with Gasteiger partial charge in [0.2, 0.25) is 0 Å². The van der Waals surface area contributed by atoms with Gasteiger partial charge in [0.15, 0.2) is 0 Å². The number of aromatic nitrogens is 2. The first-order valence-electron chi connectivity index (χ1n) is 16.2. The van der Waals surface area contributed by atoms with E-state index in [2.05, 4.69) is 26.4 Å². The van der Waals surface area contributed by atoms with Crippen molar-refractivity contribution in [3.63, 3.8) is 0 Å². The molecule has 6 rings (SSSR count). The van der Waals surface area contributed by atoms with Crippen LogP contribution in [0.5, 0.6) is 6.01 Å². The number of anilines is 1. The van der Waals surface area contributed by atoms with Gasteiger partial charge in [-0.3, -0.25) is 0 Å². The van der Waals surface area contributed by atoms with E-state index < -0.39 is 11.6 Å². The van der Waals surface area contributed by atoms with E-state index in [-0.39, 0.29) is 17.3 Å². The normalized spacial score (nSPS) is 21.6. The van der Waals surface area contributed by atoms with Gasteiger partial charge in [-0.05, 0) is 86.9 Å². The summed E-state index contributed by atoms with van der Waals surface area (Å²) >= 11 is 8.39. The lowest BCUT2D eigenvalue weighted by Gasteiger charge is -2.34. The molecule has 2 aromatic carbocycles. The van der Waals surface area contributed by atoms with E-state index in [1.54, 1.807) is 31.2 Å². The predicted molar refractivity (Wildman–Crippen MR) is 188 cm³/mol. The Morgan fingerprint density at radius 2 is 1.98 bits per heavy atom. The zero-order valence-electron chi connectivity index (χ0n) is 26.1. The molecule has 0 aliphatic carbocycles. The molecule has 0 spiro atoms. The van der Waals surface area contributed by atoms with Crippen molar-refractivity contribution in [1.82, 2.24) is 20.6 Å².